The summed E-state index contributed by atoms with van der Waals surface area (Å²) in [5, 5.41) is 11.7. The van der Waals surface area contributed by atoms with Crippen LogP contribution in [0.25, 0.3) is 0 Å². The fraction of sp³-hybridized carbons (Fsp3) is 0.875. The van der Waals surface area contributed by atoms with Crippen molar-refractivity contribution < 1.29 is 32.6 Å². The number of rotatable bonds is 5. The first-order valence-electron chi connectivity index (χ1n) is 8.50. The fourth-order valence-electron chi connectivity index (χ4n) is 3.91. The van der Waals surface area contributed by atoms with E-state index in [2.05, 4.69) is 5.32 Å². The molecule has 144 valence electrons. The molecule has 0 aromatic heterocycles. The van der Waals surface area contributed by atoms with E-state index in [-0.39, 0.29) is 5.41 Å². The molecule has 2 N–H and O–H groups in total. The minimum atomic E-state index is -4.64. The highest BCUT2D eigenvalue weighted by Gasteiger charge is 2.53. The van der Waals surface area contributed by atoms with Crippen molar-refractivity contribution >= 4 is 12.0 Å². The lowest BCUT2D eigenvalue weighted by atomic mass is 9.74. The van der Waals surface area contributed by atoms with Crippen LogP contribution in [0.5, 0.6) is 0 Å². The maximum atomic E-state index is 13.0. The standard InChI is InChI=1S/C16H25F3N2O4/c1-25-10-15(5-3-2-4-6-15)9-20-14(24)21-7-11(13(22)23)12(8-21)16(17,18)19/h11-12H,2-10H2,1H3,(H,20,24)(H,22,23)/t11-,12-/m1/s1. The van der Waals surface area contributed by atoms with E-state index >= 15 is 0 Å². The summed E-state index contributed by atoms with van der Waals surface area (Å²) in [6.45, 7) is -0.243. The van der Waals surface area contributed by atoms with Crippen LogP contribution in [0.1, 0.15) is 32.1 Å². The second-order valence-corrected chi connectivity index (χ2v) is 7.15. The van der Waals surface area contributed by atoms with E-state index in [0.29, 0.717) is 13.2 Å². The number of carboxylic acids is 1. The van der Waals surface area contributed by atoms with Crippen molar-refractivity contribution in [3.8, 4) is 0 Å². The van der Waals surface area contributed by atoms with E-state index in [1.807, 2.05) is 0 Å². The molecule has 2 fully saturated rings. The van der Waals surface area contributed by atoms with Gasteiger partial charge in [0.2, 0.25) is 0 Å². The highest BCUT2D eigenvalue weighted by atomic mass is 19.4. The Bertz CT molecular complexity index is 487. The summed E-state index contributed by atoms with van der Waals surface area (Å²) in [4.78, 5) is 24.3. The quantitative estimate of drug-likeness (QED) is 0.784. The van der Waals surface area contributed by atoms with Gasteiger partial charge in [-0.2, -0.15) is 13.2 Å². The molecule has 2 aliphatic rings. The van der Waals surface area contributed by atoms with E-state index in [0.717, 1.165) is 37.0 Å². The maximum Gasteiger partial charge on any atom is 0.394 e. The van der Waals surface area contributed by atoms with Crippen LogP contribution in [0.2, 0.25) is 0 Å². The molecule has 1 heterocycles. The average molecular weight is 366 g/mol. The number of hydrogen-bond acceptors (Lipinski definition) is 3. The van der Waals surface area contributed by atoms with Gasteiger partial charge in [0.15, 0.2) is 0 Å². The lowest BCUT2D eigenvalue weighted by Crippen LogP contribution is -2.46. The summed E-state index contributed by atoms with van der Waals surface area (Å²) in [6, 6.07) is -0.640. The highest BCUT2D eigenvalue weighted by molar-refractivity contribution is 5.77. The van der Waals surface area contributed by atoms with Gasteiger partial charge in [0.1, 0.15) is 0 Å². The van der Waals surface area contributed by atoms with Crippen LogP contribution < -0.4 is 5.32 Å². The Kier molecular flexibility index (Phi) is 6.18. The number of hydrogen-bond donors (Lipinski definition) is 2. The van der Waals surface area contributed by atoms with Gasteiger partial charge in [0.05, 0.1) is 18.4 Å². The second kappa shape index (κ2) is 7.80. The van der Waals surface area contributed by atoms with Gasteiger partial charge in [-0.25, -0.2) is 4.79 Å². The first-order chi connectivity index (χ1) is 11.7. The summed E-state index contributed by atoms with van der Waals surface area (Å²) >= 11 is 0. The molecule has 2 atom stereocenters. The number of likely N-dealkylation sites (tertiary alicyclic amines) is 1. The van der Waals surface area contributed by atoms with E-state index in [9.17, 15) is 22.8 Å². The van der Waals surface area contributed by atoms with Crippen molar-refractivity contribution in [3.63, 3.8) is 0 Å². The number of aliphatic carboxylic acids is 1. The smallest absolute Gasteiger partial charge is 0.394 e. The second-order valence-electron chi connectivity index (χ2n) is 7.15. The van der Waals surface area contributed by atoms with Crippen LogP contribution in [0.15, 0.2) is 0 Å². The number of methoxy groups -OCH3 is 1. The van der Waals surface area contributed by atoms with Gasteiger partial charge in [-0.3, -0.25) is 4.79 Å². The van der Waals surface area contributed by atoms with Gasteiger partial charge in [-0.15, -0.1) is 0 Å². The van der Waals surface area contributed by atoms with Crippen molar-refractivity contribution in [1.82, 2.24) is 10.2 Å². The zero-order chi connectivity index (χ0) is 18.7. The summed E-state index contributed by atoms with van der Waals surface area (Å²) in [6.07, 6.45) is 0.326. The van der Waals surface area contributed by atoms with Crippen LogP contribution in [0.3, 0.4) is 0 Å². The molecule has 1 saturated carbocycles. The summed E-state index contributed by atoms with van der Waals surface area (Å²) in [5.74, 6) is -5.17. The van der Waals surface area contributed by atoms with Crippen molar-refractivity contribution in [2.75, 3.05) is 33.4 Å². The number of urea groups is 1. The van der Waals surface area contributed by atoms with Gasteiger partial charge >= 0.3 is 18.2 Å². The number of carbonyl (C=O) groups excluding carboxylic acids is 1. The number of nitrogens with zero attached hydrogens (tertiary/aromatic N) is 1. The van der Waals surface area contributed by atoms with Gasteiger partial charge in [-0.1, -0.05) is 19.3 Å². The summed E-state index contributed by atoms with van der Waals surface area (Å²) in [5.41, 5.74) is -0.196. The van der Waals surface area contributed by atoms with Crippen molar-refractivity contribution in [2.45, 2.75) is 38.3 Å². The molecule has 0 radical (unpaired) electrons. The normalized spacial score (nSPS) is 26.5. The molecular weight excluding hydrogens is 341 g/mol. The number of amides is 2. The Hall–Kier alpha value is -1.51. The number of halogens is 3. The van der Waals surface area contributed by atoms with Crippen LogP contribution in [0, 0.1) is 17.3 Å². The number of alkyl halides is 3. The third kappa shape index (κ3) is 4.77. The highest BCUT2D eigenvalue weighted by Crippen LogP contribution is 2.38. The van der Waals surface area contributed by atoms with Crippen LogP contribution in [-0.4, -0.2) is 61.5 Å². The SMILES string of the molecule is COCC1(CNC(=O)N2C[C@@H](C(F)(F)F)[C@H](C(=O)O)C2)CCCCC1. The molecule has 1 aliphatic heterocycles. The molecule has 0 spiro atoms. The molecule has 0 unspecified atom stereocenters. The van der Waals surface area contributed by atoms with E-state index < -0.39 is 43.1 Å². The predicted molar refractivity (Wildman–Crippen MR) is 83.0 cm³/mol. The molecule has 2 rings (SSSR count). The van der Waals surface area contributed by atoms with E-state index in [1.54, 1.807) is 7.11 Å². The number of nitrogens with one attached hydrogen (secondary N) is 1. The van der Waals surface area contributed by atoms with E-state index in [1.165, 1.54) is 0 Å². The minimum absolute atomic E-state index is 0.196. The Morgan fingerprint density at radius 2 is 1.88 bits per heavy atom. The van der Waals surface area contributed by atoms with Crippen LogP contribution in [-0.2, 0) is 9.53 Å². The molecule has 1 saturated heterocycles. The minimum Gasteiger partial charge on any atom is -0.481 e. The topological polar surface area (TPSA) is 78.9 Å². The molecule has 1 aliphatic carbocycles. The molecule has 0 bridgehead atoms. The van der Waals surface area contributed by atoms with Crippen molar-refractivity contribution in [1.29, 1.82) is 0 Å². The zero-order valence-electron chi connectivity index (χ0n) is 14.3. The first kappa shape index (κ1) is 19.8. The Labute approximate surface area is 144 Å². The zero-order valence-corrected chi connectivity index (χ0v) is 14.3. The molecule has 0 aromatic rings. The largest absolute Gasteiger partial charge is 0.481 e. The van der Waals surface area contributed by atoms with Gasteiger partial charge in [0, 0.05) is 32.2 Å². The van der Waals surface area contributed by atoms with Crippen LogP contribution in [0.4, 0.5) is 18.0 Å². The first-order valence-corrected chi connectivity index (χ1v) is 8.50. The predicted octanol–water partition coefficient (Wildman–Crippen LogP) is 2.49. The molecule has 25 heavy (non-hydrogen) atoms. The molecule has 9 heteroatoms. The molecule has 0 aromatic carbocycles. The van der Waals surface area contributed by atoms with Gasteiger partial charge in [0.25, 0.3) is 0 Å². The number of carbonyl (C=O) groups is 2. The average Bonchev–Trinajstić information content (AvgIpc) is 3.00. The monoisotopic (exact) mass is 366 g/mol. The molecule has 6 nitrogen and oxygen atoms in total. The molecule has 2 amide bonds. The lowest BCUT2D eigenvalue weighted by Gasteiger charge is -2.37. The number of ether oxygens (including phenoxy) is 1. The van der Waals surface area contributed by atoms with Crippen LogP contribution >= 0.6 is 0 Å². The van der Waals surface area contributed by atoms with Gasteiger partial charge in [-0.05, 0) is 12.8 Å². The fourth-order valence-corrected chi connectivity index (χ4v) is 3.91. The maximum absolute atomic E-state index is 13.0. The van der Waals surface area contributed by atoms with E-state index in [4.69, 9.17) is 9.84 Å². The van der Waals surface area contributed by atoms with Gasteiger partial charge < -0.3 is 20.1 Å². The third-order valence-electron chi connectivity index (χ3n) is 5.32. The Morgan fingerprint density at radius 1 is 1.24 bits per heavy atom. The Morgan fingerprint density at radius 3 is 2.36 bits per heavy atom. The number of carboxylic acid groups (broad SMARTS) is 1. The Balaban J connectivity index is 1.97. The van der Waals surface area contributed by atoms with Crippen molar-refractivity contribution in [3.05, 3.63) is 0 Å². The summed E-state index contributed by atoms with van der Waals surface area (Å²) < 4.78 is 44.3. The third-order valence-corrected chi connectivity index (χ3v) is 5.32. The van der Waals surface area contributed by atoms with Crippen molar-refractivity contribution in [2.24, 2.45) is 17.3 Å². The summed E-state index contributed by atoms with van der Waals surface area (Å²) in [7, 11) is 1.59. The lowest BCUT2D eigenvalue weighted by molar-refractivity contribution is -0.187. The molecular formula is C16H25F3N2O4.